The van der Waals surface area contributed by atoms with Gasteiger partial charge in [-0.3, -0.25) is 5.43 Å². The third-order valence-corrected chi connectivity index (χ3v) is 5.41. The Balaban J connectivity index is 1.98. The molecule has 5 nitrogen and oxygen atoms in total. The lowest BCUT2D eigenvalue weighted by molar-refractivity contribution is 0.217. The fourth-order valence-electron chi connectivity index (χ4n) is 3.14. The minimum atomic E-state index is 0.289. The van der Waals surface area contributed by atoms with E-state index in [2.05, 4.69) is 47.5 Å². The molecule has 0 bridgehead atoms. The van der Waals surface area contributed by atoms with Crippen molar-refractivity contribution in [2.75, 3.05) is 10.7 Å². The van der Waals surface area contributed by atoms with E-state index >= 15 is 0 Å². The van der Waals surface area contributed by atoms with E-state index in [1.165, 1.54) is 30.6 Å². The van der Waals surface area contributed by atoms with Crippen molar-refractivity contribution in [3.8, 4) is 0 Å². The van der Waals surface area contributed by atoms with Crippen LogP contribution in [0, 0.1) is 12.3 Å². The molecular weight excluding hydrogens is 282 g/mol. The molecule has 2 aromatic rings. The van der Waals surface area contributed by atoms with Gasteiger partial charge in [0.1, 0.15) is 10.6 Å². The molecule has 1 atom stereocenters. The molecule has 114 valence electrons. The highest BCUT2D eigenvalue weighted by Crippen LogP contribution is 2.38. The fraction of sp³-hybridized carbons (Fsp3) is 0.600. The van der Waals surface area contributed by atoms with Gasteiger partial charge in [0.2, 0.25) is 5.95 Å². The molecule has 2 heterocycles. The summed E-state index contributed by atoms with van der Waals surface area (Å²) in [7, 11) is 0. The summed E-state index contributed by atoms with van der Waals surface area (Å²) < 4.78 is 0. The predicted octanol–water partition coefficient (Wildman–Crippen LogP) is 3.67. The number of nitrogens with two attached hydrogens (primary N) is 1. The van der Waals surface area contributed by atoms with E-state index in [1.807, 2.05) is 0 Å². The summed E-state index contributed by atoms with van der Waals surface area (Å²) in [6.07, 6.45) is 5.04. The maximum atomic E-state index is 5.50. The first-order chi connectivity index (χ1) is 9.99. The first-order valence-corrected chi connectivity index (χ1v) is 8.32. The number of aryl methyl sites for hydroxylation is 1. The van der Waals surface area contributed by atoms with Gasteiger partial charge in [0.15, 0.2) is 0 Å². The van der Waals surface area contributed by atoms with E-state index < -0.39 is 0 Å². The Bertz CT molecular complexity index is 649. The zero-order valence-electron chi connectivity index (χ0n) is 12.9. The molecule has 2 aromatic heterocycles. The largest absolute Gasteiger partial charge is 0.366 e. The van der Waals surface area contributed by atoms with Crippen molar-refractivity contribution >= 4 is 33.3 Å². The molecule has 0 spiro atoms. The fourth-order valence-corrected chi connectivity index (χ4v) is 4.02. The van der Waals surface area contributed by atoms with Gasteiger partial charge in [-0.05, 0) is 31.2 Å². The van der Waals surface area contributed by atoms with Gasteiger partial charge in [0.25, 0.3) is 0 Å². The van der Waals surface area contributed by atoms with E-state index in [9.17, 15) is 0 Å². The Morgan fingerprint density at radius 3 is 2.86 bits per heavy atom. The van der Waals surface area contributed by atoms with Gasteiger partial charge in [-0.25, -0.2) is 10.8 Å². The zero-order chi connectivity index (χ0) is 15.0. The van der Waals surface area contributed by atoms with E-state index in [0.29, 0.717) is 12.0 Å². The molecule has 0 aromatic carbocycles. The number of rotatable bonds is 3. The van der Waals surface area contributed by atoms with Crippen molar-refractivity contribution in [1.82, 2.24) is 9.97 Å². The summed E-state index contributed by atoms with van der Waals surface area (Å²) in [5.74, 6) is 6.88. The summed E-state index contributed by atoms with van der Waals surface area (Å²) in [5, 5.41) is 4.76. The lowest BCUT2D eigenvalue weighted by atomic mass is 9.73. The Labute approximate surface area is 129 Å². The molecule has 1 fully saturated rings. The molecule has 0 aliphatic heterocycles. The SMILES string of the molecule is Cc1cc2c(NC3CCCCC3(C)C)nc(NN)nc2s1. The first-order valence-electron chi connectivity index (χ1n) is 7.51. The monoisotopic (exact) mass is 305 g/mol. The van der Waals surface area contributed by atoms with Crippen LogP contribution in [0.15, 0.2) is 6.07 Å². The van der Waals surface area contributed by atoms with Gasteiger partial charge in [-0.15, -0.1) is 11.3 Å². The van der Waals surface area contributed by atoms with E-state index in [1.54, 1.807) is 11.3 Å². The Morgan fingerprint density at radius 2 is 2.14 bits per heavy atom. The van der Waals surface area contributed by atoms with Crippen LogP contribution >= 0.6 is 11.3 Å². The van der Waals surface area contributed by atoms with E-state index in [4.69, 9.17) is 5.84 Å². The van der Waals surface area contributed by atoms with Crippen molar-refractivity contribution in [3.05, 3.63) is 10.9 Å². The summed E-state index contributed by atoms with van der Waals surface area (Å²) in [5.41, 5.74) is 2.86. The molecule has 0 amide bonds. The van der Waals surface area contributed by atoms with Crippen molar-refractivity contribution in [1.29, 1.82) is 0 Å². The number of nitrogen functional groups attached to an aromatic ring is 1. The number of nitrogens with one attached hydrogen (secondary N) is 2. The molecule has 1 unspecified atom stereocenters. The van der Waals surface area contributed by atoms with Crippen LogP contribution in [0.2, 0.25) is 0 Å². The highest BCUT2D eigenvalue weighted by Gasteiger charge is 2.32. The number of anilines is 2. The van der Waals surface area contributed by atoms with Gasteiger partial charge in [0.05, 0.1) is 5.39 Å². The predicted molar refractivity (Wildman–Crippen MR) is 89.6 cm³/mol. The van der Waals surface area contributed by atoms with Crippen LogP contribution in [0.1, 0.15) is 44.4 Å². The van der Waals surface area contributed by atoms with Crippen LogP contribution in [-0.4, -0.2) is 16.0 Å². The highest BCUT2D eigenvalue weighted by molar-refractivity contribution is 7.18. The molecule has 4 N–H and O–H groups in total. The third kappa shape index (κ3) is 2.82. The zero-order valence-corrected chi connectivity index (χ0v) is 13.7. The van der Waals surface area contributed by atoms with Crippen LogP contribution in [0.3, 0.4) is 0 Å². The number of hydrogen-bond donors (Lipinski definition) is 3. The third-order valence-electron chi connectivity index (χ3n) is 4.46. The molecule has 3 rings (SSSR count). The van der Waals surface area contributed by atoms with Crippen LogP contribution in [0.5, 0.6) is 0 Å². The normalized spacial score (nSPS) is 21.4. The van der Waals surface area contributed by atoms with Crippen molar-refractivity contribution < 1.29 is 0 Å². The summed E-state index contributed by atoms with van der Waals surface area (Å²) in [6, 6.07) is 2.59. The summed E-state index contributed by atoms with van der Waals surface area (Å²) in [4.78, 5) is 11.2. The Hall–Kier alpha value is -1.40. The molecule has 1 aliphatic rings. The van der Waals surface area contributed by atoms with Gasteiger partial charge < -0.3 is 5.32 Å². The average Bonchev–Trinajstić information content (AvgIpc) is 2.81. The lowest BCUT2D eigenvalue weighted by Crippen LogP contribution is -2.39. The molecule has 0 radical (unpaired) electrons. The Kier molecular flexibility index (Phi) is 3.75. The number of thiophene rings is 1. The van der Waals surface area contributed by atoms with Gasteiger partial charge in [0, 0.05) is 10.9 Å². The minimum Gasteiger partial charge on any atom is -0.366 e. The van der Waals surface area contributed by atoms with E-state index in [-0.39, 0.29) is 5.41 Å². The topological polar surface area (TPSA) is 75.9 Å². The molecule has 21 heavy (non-hydrogen) atoms. The lowest BCUT2D eigenvalue weighted by Gasteiger charge is -2.39. The van der Waals surface area contributed by atoms with Crippen LogP contribution in [0.25, 0.3) is 10.2 Å². The highest BCUT2D eigenvalue weighted by atomic mass is 32.1. The molecule has 6 heteroatoms. The number of hydrazine groups is 1. The van der Waals surface area contributed by atoms with E-state index in [0.717, 1.165) is 16.0 Å². The van der Waals surface area contributed by atoms with Crippen molar-refractivity contribution in [2.45, 2.75) is 52.5 Å². The molecule has 0 saturated heterocycles. The summed E-state index contributed by atoms with van der Waals surface area (Å²) >= 11 is 1.67. The second kappa shape index (κ2) is 5.42. The second-order valence-electron chi connectivity index (χ2n) is 6.55. The van der Waals surface area contributed by atoms with Crippen LogP contribution in [-0.2, 0) is 0 Å². The maximum absolute atomic E-state index is 5.50. The quantitative estimate of drug-likeness (QED) is 0.596. The van der Waals surface area contributed by atoms with Crippen molar-refractivity contribution in [3.63, 3.8) is 0 Å². The number of nitrogens with zero attached hydrogens (tertiary/aromatic N) is 2. The molecule has 1 aliphatic carbocycles. The first kappa shape index (κ1) is 14.5. The maximum Gasteiger partial charge on any atom is 0.240 e. The molecule has 1 saturated carbocycles. The number of hydrogen-bond acceptors (Lipinski definition) is 6. The van der Waals surface area contributed by atoms with Crippen molar-refractivity contribution in [2.24, 2.45) is 11.3 Å². The second-order valence-corrected chi connectivity index (χ2v) is 7.78. The number of aromatic nitrogens is 2. The average molecular weight is 305 g/mol. The minimum absolute atomic E-state index is 0.289. The van der Waals surface area contributed by atoms with Crippen LogP contribution in [0.4, 0.5) is 11.8 Å². The van der Waals surface area contributed by atoms with Gasteiger partial charge in [-0.1, -0.05) is 26.7 Å². The standard InChI is InChI=1S/C15H23N5S/c1-9-8-10-12(18-14(20-16)19-13(10)21-9)17-11-6-4-5-7-15(11,2)3/h8,11H,4-7,16H2,1-3H3,(H2,17,18,19,20). The van der Waals surface area contributed by atoms with Gasteiger partial charge >= 0.3 is 0 Å². The molecular formula is C15H23N5S. The number of fused-ring (bicyclic) bond motifs is 1. The smallest absolute Gasteiger partial charge is 0.240 e. The van der Waals surface area contributed by atoms with Crippen LogP contribution < -0.4 is 16.6 Å². The summed E-state index contributed by atoms with van der Waals surface area (Å²) in [6.45, 7) is 6.77. The van der Waals surface area contributed by atoms with Gasteiger partial charge in [-0.2, -0.15) is 4.98 Å². The Morgan fingerprint density at radius 1 is 1.33 bits per heavy atom.